The van der Waals surface area contributed by atoms with Crippen LogP contribution in [0.4, 0.5) is 0 Å². The number of benzene rings is 2. The van der Waals surface area contributed by atoms with E-state index in [1.807, 2.05) is 24.3 Å². The van der Waals surface area contributed by atoms with Gasteiger partial charge in [0.15, 0.2) is 23.0 Å². The number of nitrogens with zero attached hydrogens (tertiary/aromatic N) is 2. The minimum atomic E-state index is -0.622. The molecule has 10 rings (SSSR count). The molecule has 8 aliphatic rings. The second-order valence-corrected chi connectivity index (χ2v) is 16.3. The molecule has 8 heteroatoms. The number of quaternary nitrogens is 2. The summed E-state index contributed by atoms with van der Waals surface area (Å²) in [6, 6.07) is 9.28. The number of hydrogen-bond acceptors (Lipinski definition) is 6. The minimum Gasteiger partial charge on any atom is -0.493 e. The first-order valence-electron chi connectivity index (χ1n) is 17.8. The fourth-order valence-corrected chi connectivity index (χ4v) is 12.2. The van der Waals surface area contributed by atoms with Gasteiger partial charge in [0, 0.05) is 48.6 Å². The van der Waals surface area contributed by atoms with Crippen LogP contribution in [0.15, 0.2) is 48.6 Å². The van der Waals surface area contributed by atoms with Gasteiger partial charge in [-0.3, -0.25) is 0 Å². The van der Waals surface area contributed by atoms with Gasteiger partial charge in [-0.25, -0.2) is 0 Å². The summed E-state index contributed by atoms with van der Waals surface area (Å²) < 4.78 is 26.4. The molecule has 0 saturated carbocycles. The third kappa shape index (κ3) is 3.37. The van der Waals surface area contributed by atoms with Gasteiger partial charge in [0.05, 0.1) is 52.2 Å². The molecule has 4 aliphatic heterocycles. The molecule has 12 atom stereocenters. The minimum absolute atomic E-state index is 0.214. The van der Waals surface area contributed by atoms with Gasteiger partial charge in [0.25, 0.3) is 0 Å². The number of ether oxygens (including phenoxy) is 4. The molecule has 0 amide bonds. The normalized spacial score (nSPS) is 44.0. The second-order valence-electron chi connectivity index (χ2n) is 16.3. The Balaban J connectivity index is 0.944. The molecular formula is C40H46N2O6+2. The van der Waals surface area contributed by atoms with Crippen LogP contribution in [0, 0.1) is 23.7 Å². The summed E-state index contributed by atoms with van der Waals surface area (Å²) in [7, 11) is 8.20. The average molecular weight is 651 g/mol. The first kappa shape index (κ1) is 29.4. The van der Waals surface area contributed by atoms with E-state index in [1.165, 1.54) is 22.3 Å². The maximum absolute atomic E-state index is 11.1. The Kier molecular flexibility index (Phi) is 5.89. The van der Waals surface area contributed by atoms with Crippen molar-refractivity contribution in [1.82, 2.24) is 0 Å². The van der Waals surface area contributed by atoms with Crippen LogP contribution in [-0.4, -0.2) is 110 Å². The van der Waals surface area contributed by atoms with Crippen molar-refractivity contribution in [2.24, 2.45) is 11.8 Å². The zero-order valence-corrected chi connectivity index (χ0v) is 28.3. The molecule has 4 bridgehead atoms. The summed E-state index contributed by atoms with van der Waals surface area (Å²) in [4.78, 5) is 0. The molecule has 4 heterocycles. The largest absolute Gasteiger partial charge is 0.493 e. The summed E-state index contributed by atoms with van der Waals surface area (Å²) in [5, 5.41) is 22.3. The van der Waals surface area contributed by atoms with Crippen molar-refractivity contribution in [3.8, 4) is 34.8 Å². The number of likely N-dealkylation sites (N-methyl/N-ethyl adjacent to an activating group) is 2. The Hall–Kier alpha value is -3.48. The number of methoxy groups -OCH3 is 2. The average Bonchev–Trinajstić information content (AvgIpc) is 3.63. The van der Waals surface area contributed by atoms with E-state index in [1.54, 1.807) is 14.2 Å². The molecule has 2 saturated heterocycles. The Morgan fingerprint density at radius 2 is 1.15 bits per heavy atom. The number of piperidine rings is 2. The predicted octanol–water partition coefficient (Wildman–Crippen LogP) is 3.05. The van der Waals surface area contributed by atoms with Crippen LogP contribution in [0.2, 0.25) is 0 Å². The molecule has 2 spiro atoms. The molecule has 2 aromatic carbocycles. The Morgan fingerprint density at radius 3 is 1.56 bits per heavy atom. The molecule has 4 aliphatic carbocycles. The molecule has 8 nitrogen and oxygen atoms in total. The Labute approximate surface area is 282 Å². The van der Waals surface area contributed by atoms with E-state index in [0.717, 1.165) is 83.8 Å². The van der Waals surface area contributed by atoms with Gasteiger partial charge in [-0.1, -0.05) is 36.4 Å². The van der Waals surface area contributed by atoms with Crippen LogP contribution in [-0.2, 0) is 23.7 Å². The Bertz CT molecular complexity index is 1750. The monoisotopic (exact) mass is 650 g/mol. The van der Waals surface area contributed by atoms with Gasteiger partial charge in [-0.15, -0.1) is 0 Å². The van der Waals surface area contributed by atoms with Crippen LogP contribution >= 0.6 is 0 Å². The number of aliphatic hydroxyl groups is 2. The van der Waals surface area contributed by atoms with Crippen molar-refractivity contribution in [2.45, 2.75) is 73.0 Å². The van der Waals surface area contributed by atoms with Crippen LogP contribution in [0.3, 0.4) is 0 Å². The van der Waals surface area contributed by atoms with Crippen molar-refractivity contribution in [3.05, 3.63) is 70.8 Å². The van der Waals surface area contributed by atoms with Crippen LogP contribution in [0.25, 0.3) is 0 Å². The summed E-state index contributed by atoms with van der Waals surface area (Å²) in [5.74, 6) is 11.3. The lowest BCUT2D eigenvalue weighted by molar-refractivity contribution is -0.939. The summed E-state index contributed by atoms with van der Waals surface area (Å²) in [6.45, 7) is 3.62. The van der Waals surface area contributed by atoms with E-state index < -0.39 is 12.2 Å². The first-order valence-corrected chi connectivity index (χ1v) is 17.8. The number of rotatable bonds is 4. The molecular weight excluding hydrogens is 604 g/mol. The molecule has 250 valence electrons. The van der Waals surface area contributed by atoms with Crippen molar-refractivity contribution >= 4 is 0 Å². The fraction of sp³-hybridized carbons (Fsp3) is 0.550. The zero-order valence-electron chi connectivity index (χ0n) is 28.3. The maximum atomic E-state index is 11.1. The lowest BCUT2D eigenvalue weighted by atomic mass is 9.52. The van der Waals surface area contributed by atoms with Crippen molar-refractivity contribution in [3.63, 3.8) is 0 Å². The predicted molar refractivity (Wildman–Crippen MR) is 179 cm³/mol. The standard InChI is InChI=1S/C40H46N2O6/c1-41(19-15-39-25-9-11-29(43)37(39)47-35-31(45-3)13-7-23(33(35)39)21-27(25)41)17-5-6-18-42(2)20-16-40-26-10-12-30(44)38(40)48-36-32(46-4)14-8-24(34(36)40)22-28(26)42/h7-14,25-30,37-38,43-44H,15-22H2,1-4H3/q+2. The van der Waals surface area contributed by atoms with Gasteiger partial charge in [-0.05, 0) is 35.1 Å². The molecule has 0 radical (unpaired) electrons. The third-order valence-corrected chi connectivity index (χ3v) is 14.5. The highest BCUT2D eigenvalue weighted by Gasteiger charge is 2.69. The van der Waals surface area contributed by atoms with E-state index in [2.05, 4.69) is 50.2 Å². The van der Waals surface area contributed by atoms with Crippen molar-refractivity contribution in [1.29, 1.82) is 0 Å². The zero-order chi connectivity index (χ0) is 32.8. The summed E-state index contributed by atoms with van der Waals surface area (Å²) in [6.07, 6.45) is 10.6. The quantitative estimate of drug-likeness (QED) is 0.301. The summed E-state index contributed by atoms with van der Waals surface area (Å²) >= 11 is 0. The van der Waals surface area contributed by atoms with E-state index >= 15 is 0 Å². The van der Waals surface area contributed by atoms with E-state index in [4.69, 9.17) is 18.9 Å². The van der Waals surface area contributed by atoms with Crippen LogP contribution < -0.4 is 18.9 Å². The molecule has 12 unspecified atom stereocenters. The summed E-state index contributed by atoms with van der Waals surface area (Å²) in [5.41, 5.74) is 4.82. The molecule has 2 N–H and O–H groups in total. The number of aliphatic hydroxyl groups excluding tert-OH is 2. The van der Waals surface area contributed by atoms with Gasteiger partial charge < -0.3 is 38.1 Å². The van der Waals surface area contributed by atoms with Crippen LogP contribution in [0.1, 0.15) is 35.1 Å². The molecule has 0 aromatic heterocycles. The molecule has 2 fully saturated rings. The number of hydrogen-bond donors (Lipinski definition) is 2. The lowest BCUT2D eigenvalue weighted by Crippen LogP contribution is -2.71. The smallest absolute Gasteiger partial charge is 0.165 e. The maximum Gasteiger partial charge on any atom is 0.165 e. The van der Waals surface area contributed by atoms with E-state index in [-0.39, 0.29) is 34.9 Å². The van der Waals surface area contributed by atoms with Crippen LogP contribution in [0.5, 0.6) is 23.0 Å². The highest BCUT2D eigenvalue weighted by molar-refractivity contribution is 5.63. The highest BCUT2D eigenvalue weighted by atomic mass is 16.5. The second kappa shape index (κ2) is 9.60. The van der Waals surface area contributed by atoms with Gasteiger partial charge in [-0.2, -0.15) is 0 Å². The molecule has 2 aromatic rings. The highest BCUT2D eigenvalue weighted by Crippen LogP contribution is 2.65. The fourth-order valence-electron chi connectivity index (χ4n) is 12.2. The SMILES string of the molecule is COc1ccc2c3c1OC1C(O)C=CC4C(C2)[N+](C)(CC#CC[N+]2(C)CCC56c7c8ccc(OC)c7OC5C(O)C=CC6C2C8)CCC341. The third-order valence-electron chi connectivity index (χ3n) is 14.5. The Morgan fingerprint density at radius 1 is 0.708 bits per heavy atom. The number of likely N-dealkylation sites (tertiary alicyclic amines) is 2. The van der Waals surface area contributed by atoms with E-state index in [9.17, 15) is 10.2 Å². The topological polar surface area (TPSA) is 77.4 Å². The molecule has 48 heavy (non-hydrogen) atoms. The van der Waals surface area contributed by atoms with Crippen molar-refractivity contribution < 1.29 is 38.1 Å². The lowest BCUT2D eigenvalue weighted by Gasteiger charge is -2.59. The first-order chi connectivity index (χ1) is 23.2. The van der Waals surface area contributed by atoms with Crippen molar-refractivity contribution in [2.75, 3.05) is 54.5 Å². The van der Waals surface area contributed by atoms with Gasteiger partial charge >= 0.3 is 0 Å². The van der Waals surface area contributed by atoms with Gasteiger partial charge in [0.1, 0.15) is 49.6 Å². The van der Waals surface area contributed by atoms with E-state index in [0.29, 0.717) is 12.1 Å². The van der Waals surface area contributed by atoms with Gasteiger partial charge in [0.2, 0.25) is 0 Å².